The number of nitrogens with zero attached hydrogens (tertiary/aromatic N) is 4. The van der Waals surface area contributed by atoms with Gasteiger partial charge in [-0.1, -0.05) is 36.0 Å². The summed E-state index contributed by atoms with van der Waals surface area (Å²) in [5.41, 5.74) is 5.21. The van der Waals surface area contributed by atoms with Crippen molar-refractivity contribution in [1.29, 1.82) is 0 Å². The van der Waals surface area contributed by atoms with Crippen molar-refractivity contribution in [2.24, 2.45) is 0 Å². The molecule has 1 heterocycles. The Bertz CT molecular complexity index is 1420. The second kappa shape index (κ2) is 10.3. The van der Waals surface area contributed by atoms with Crippen molar-refractivity contribution < 1.29 is 14.5 Å². The maximum Gasteiger partial charge on any atom is 0.269 e. The monoisotopic (exact) mass is 500 g/mol. The summed E-state index contributed by atoms with van der Waals surface area (Å²) in [4.78, 5) is 23.1. The first-order chi connectivity index (χ1) is 17.5. The maximum atomic E-state index is 12.7. The van der Waals surface area contributed by atoms with Crippen LogP contribution in [0.3, 0.4) is 0 Å². The Balaban J connectivity index is 1.35. The van der Waals surface area contributed by atoms with Crippen molar-refractivity contribution in [3.63, 3.8) is 0 Å². The summed E-state index contributed by atoms with van der Waals surface area (Å²) in [6.45, 7) is 2.38. The van der Waals surface area contributed by atoms with Crippen LogP contribution in [0.5, 0.6) is 5.75 Å². The van der Waals surface area contributed by atoms with Crippen molar-refractivity contribution in [3.05, 3.63) is 105 Å². The number of rotatable bonds is 9. The number of para-hydroxylation sites is 1. The molecule has 0 fully saturated rings. The normalized spacial score (nSPS) is 12.4. The van der Waals surface area contributed by atoms with E-state index in [0.717, 1.165) is 30.7 Å². The molecule has 0 bridgehead atoms. The Labute approximate surface area is 212 Å². The molecule has 1 aliphatic rings. The van der Waals surface area contributed by atoms with E-state index in [2.05, 4.69) is 23.2 Å². The Morgan fingerprint density at radius 2 is 1.78 bits per heavy atom. The zero-order valence-corrected chi connectivity index (χ0v) is 20.5. The highest BCUT2D eigenvalue weighted by Crippen LogP contribution is 2.33. The smallest absolute Gasteiger partial charge is 0.269 e. The third kappa shape index (κ3) is 4.87. The molecular formula is C27H24N4O4S. The molecule has 0 saturated carbocycles. The van der Waals surface area contributed by atoms with Crippen LogP contribution in [0.25, 0.3) is 5.69 Å². The predicted octanol–water partition coefficient (Wildman–Crippen LogP) is 5.53. The molecule has 9 heteroatoms. The highest BCUT2D eigenvalue weighted by molar-refractivity contribution is 7.99. The van der Waals surface area contributed by atoms with Crippen LogP contribution < -0.4 is 4.74 Å². The average molecular weight is 501 g/mol. The molecule has 4 aromatic rings. The molecule has 1 aromatic heterocycles. The van der Waals surface area contributed by atoms with Gasteiger partial charge in [-0.2, -0.15) is 0 Å². The quantitative estimate of drug-likeness (QED) is 0.129. The lowest BCUT2D eigenvalue weighted by atomic mass is 10.0. The van der Waals surface area contributed by atoms with Gasteiger partial charge in [0, 0.05) is 23.4 Å². The minimum Gasteiger partial charge on any atom is -0.485 e. The lowest BCUT2D eigenvalue weighted by Gasteiger charge is -2.14. The van der Waals surface area contributed by atoms with Gasteiger partial charge >= 0.3 is 0 Å². The van der Waals surface area contributed by atoms with Crippen molar-refractivity contribution in [1.82, 2.24) is 14.8 Å². The highest BCUT2D eigenvalue weighted by Gasteiger charge is 2.20. The average Bonchev–Trinajstić information content (AvgIpc) is 3.56. The van der Waals surface area contributed by atoms with Gasteiger partial charge in [0.15, 0.2) is 16.8 Å². The van der Waals surface area contributed by atoms with E-state index < -0.39 is 4.92 Å². The number of thioether (sulfide) groups is 1. The Morgan fingerprint density at radius 3 is 2.53 bits per heavy atom. The predicted molar refractivity (Wildman–Crippen MR) is 137 cm³/mol. The van der Waals surface area contributed by atoms with Gasteiger partial charge in [-0.15, -0.1) is 10.2 Å². The van der Waals surface area contributed by atoms with Crippen LogP contribution in [-0.4, -0.2) is 31.2 Å². The molecule has 1 aliphatic carbocycles. The zero-order valence-electron chi connectivity index (χ0n) is 19.7. The SMILES string of the molecule is Cc1ccc(OCc2nnc(SCC(=O)c3ccc([N+](=O)[O-])cc3)n2-c2ccccc2)c2c1CCC2. The van der Waals surface area contributed by atoms with Crippen molar-refractivity contribution in [2.45, 2.75) is 37.9 Å². The zero-order chi connectivity index (χ0) is 25.1. The van der Waals surface area contributed by atoms with E-state index in [-0.39, 0.29) is 23.8 Å². The fourth-order valence-corrected chi connectivity index (χ4v) is 5.30. The molecule has 182 valence electrons. The molecule has 3 aromatic carbocycles. The number of Topliss-reactive ketones (excluding diaryl/α,β-unsaturated/α-hetero) is 1. The molecule has 0 saturated heterocycles. The van der Waals surface area contributed by atoms with Gasteiger partial charge in [0.2, 0.25) is 0 Å². The second-order valence-corrected chi connectivity index (χ2v) is 9.51. The second-order valence-electron chi connectivity index (χ2n) is 8.57. The van der Waals surface area contributed by atoms with Crippen LogP contribution in [0.15, 0.2) is 71.9 Å². The number of carbonyl (C=O) groups is 1. The van der Waals surface area contributed by atoms with Crippen LogP contribution in [0.4, 0.5) is 5.69 Å². The molecule has 0 aliphatic heterocycles. The van der Waals surface area contributed by atoms with Crippen LogP contribution in [-0.2, 0) is 19.4 Å². The molecule has 0 unspecified atom stereocenters. The Morgan fingerprint density at radius 1 is 1.03 bits per heavy atom. The Kier molecular flexibility index (Phi) is 6.81. The van der Waals surface area contributed by atoms with Crippen molar-refractivity contribution in [3.8, 4) is 11.4 Å². The first kappa shape index (κ1) is 23.7. The molecule has 36 heavy (non-hydrogen) atoms. The first-order valence-corrected chi connectivity index (χ1v) is 12.6. The van der Waals surface area contributed by atoms with E-state index in [0.29, 0.717) is 16.5 Å². The number of fused-ring (bicyclic) bond motifs is 1. The molecule has 8 nitrogen and oxygen atoms in total. The third-order valence-electron chi connectivity index (χ3n) is 6.28. The number of nitro groups is 1. The van der Waals surface area contributed by atoms with Gasteiger partial charge in [0.1, 0.15) is 12.4 Å². The topological polar surface area (TPSA) is 100 Å². The molecule has 0 radical (unpaired) electrons. The van der Waals surface area contributed by atoms with Gasteiger partial charge in [-0.05, 0) is 73.2 Å². The van der Waals surface area contributed by atoms with Gasteiger partial charge < -0.3 is 4.74 Å². The summed E-state index contributed by atoms with van der Waals surface area (Å²) in [6.07, 6.45) is 3.24. The van der Waals surface area contributed by atoms with E-state index in [1.54, 1.807) is 0 Å². The standard InChI is InChI=1S/C27H24N4O4S/c1-18-10-15-25(23-9-5-8-22(18)23)35-16-26-28-29-27(30(26)20-6-3-2-4-7-20)36-17-24(32)19-11-13-21(14-12-19)31(33)34/h2-4,6-7,10-15H,5,8-9,16-17H2,1H3. The molecule has 0 N–H and O–H groups in total. The Hall–Kier alpha value is -3.98. The molecule has 0 spiro atoms. The number of nitro benzene ring substituents is 1. The fourth-order valence-electron chi connectivity index (χ4n) is 4.44. The van der Waals surface area contributed by atoms with Crippen LogP contribution in [0.1, 0.15) is 39.3 Å². The number of benzene rings is 3. The van der Waals surface area contributed by atoms with Gasteiger partial charge in [-0.25, -0.2) is 0 Å². The van der Waals surface area contributed by atoms with Crippen molar-refractivity contribution in [2.75, 3.05) is 5.75 Å². The maximum absolute atomic E-state index is 12.7. The van der Waals surface area contributed by atoms with E-state index >= 15 is 0 Å². The lowest BCUT2D eigenvalue weighted by Crippen LogP contribution is -2.09. The number of hydrogen-bond acceptors (Lipinski definition) is 7. The summed E-state index contributed by atoms with van der Waals surface area (Å²) in [5, 5.41) is 20.2. The lowest BCUT2D eigenvalue weighted by molar-refractivity contribution is -0.384. The summed E-state index contributed by atoms with van der Waals surface area (Å²) in [6, 6.07) is 19.5. The van der Waals surface area contributed by atoms with Gasteiger partial charge in [-0.3, -0.25) is 19.5 Å². The largest absolute Gasteiger partial charge is 0.485 e. The van der Waals surface area contributed by atoms with Gasteiger partial charge in [0.25, 0.3) is 5.69 Å². The molecule has 0 amide bonds. The van der Waals surface area contributed by atoms with E-state index in [4.69, 9.17) is 4.74 Å². The van der Waals surface area contributed by atoms with E-state index in [1.807, 2.05) is 41.0 Å². The first-order valence-electron chi connectivity index (χ1n) is 11.7. The molecular weight excluding hydrogens is 476 g/mol. The number of ketones is 1. The third-order valence-corrected chi connectivity index (χ3v) is 7.21. The van der Waals surface area contributed by atoms with Gasteiger partial charge in [0.05, 0.1) is 10.7 Å². The number of aromatic nitrogens is 3. The number of hydrogen-bond donors (Lipinski definition) is 0. The minimum absolute atomic E-state index is 0.0492. The van der Waals surface area contributed by atoms with Crippen LogP contribution in [0.2, 0.25) is 0 Å². The van der Waals surface area contributed by atoms with Crippen LogP contribution >= 0.6 is 11.8 Å². The van der Waals surface area contributed by atoms with Crippen LogP contribution in [0, 0.1) is 17.0 Å². The summed E-state index contributed by atoms with van der Waals surface area (Å²) < 4.78 is 8.14. The summed E-state index contributed by atoms with van der Waals surface area (Å²) in [5.74, 6) is 1.50. The molecule has 0 atom stereocenters. The van der Waals surface area contributed by atoms with E-state index in [9.17, 15) is 14.9 Å². The van der Waals surface area contributed by atoms with E-state index in [1.165, 1.54) is 52.7 Å². The number of aryl methyl sites for hydroxylation is 1. The summed E-state index contributed by atoms with van der Waals surface area (Å²) in [7, 11) is 0. The van der Waals surface area contributed by atoms with Crippen molar-refractivity contribution >= 4 is 23.2 Å². The molecule has 5 rings (SSSR count). The number of non-ortho nitro benzene ring substituents is 1. The number of carbonyl (C=O) groups excluding carboxylic acids is 1. The fraction of sp³-hybridized carbons (Fsp3) is 0.222. The summed E-state index contributed by atoms with van der Waals surface area (Å²) >= 11 is 1.27. The number of ether oxygens (including phenoxy) is 1. The minimum atomic E-state index is -0.486. The highest BCUT2D eigenvalue weighted by atomic mass is 32.2.